The molecule has 0 amide bonds. The molecular formula is C12H16N2O3S. The van der Waals surface area contributed by atoms with Crippen molar-refractivity contribution < 1.29 is 13.2 Å². The Morgan fingerprint density at radius 2 is 2.11 bits per heavy atom. The highest BCUT2D eigenvalue weighted by Gasteiger charge is 2.20. The van der Waals surface area contributed by atoms with Crippen LogP contribution in [0.15, 0.2) is 35.4 Å². The Hall–Kier alpha value is -1.40. The molecule has 98 valence electrons. The lowest BCUT2D eigenvalue weighted by molar-refractivity contribution is 0.326. The van der Waals surface area contributed by atoms with Gasteiger partial charge in [-0.15, -0.1) is 0 Å². The lowest BCUT2D eigenvalue weighted by atomic mass is 10.3. The first kappa shape index (κ1) is 13.0. The van der Waals surface area contributed by atoms with E-state index in [0.29, 0.717) is 12.5 Å². The minimum atomic E-state index is -3.48. The molecule has 0 unspecified atom stereocenters. The molecule has 6 heteroatoms. The number of sulfonamides is 1. The van der Waals surface area contributed by atoms with Gasteiger partial charge in [-0.25, -0.2) is 18.1 Å². The Morgan fingerprint density at radius 1 is 1.39 bits per heavy atom. The summed E-state index contributed by atoms with van der Waals surface area (Å²) in [5.41, 5.74) is 0. The molecule has 18 heavy (non-hydrogen) atoms. The predicted molar refractivity (Wildman–Crippen MR) is 67.9 cm³/mol. The number of aromatic nitrogens is 1. The average Bonchev–Trinajstić information content (AvgIpc) is 2.82. The zero-order valence-corrected chi connectivity index (χ0v) is 11.0. The van der Waals surface area contributed by atoms with E-state index < -0.39 is 10.0 Å². The van der Waals surface area contributed by atoms with Crippen molar-refractivity contribution in [3.8, 4) is 5.88 Å². The second-order valence-electron chi connectivity index (χ2n) is 4.03. The van der Waals surface area contributed by atoms with Gasteiger partial charge in [-0.05, 0) is 25.8 Å². The summed E-state index contributed by atoms with van der Waals surface area (Å²) in [6.07, 6.45) is 6.75. The maximum Gasteiger partial charge on any atom is 0.242 e. The van der Waals surface area contributed by atoms with Gasteiger partial charge in [0.05, 0.1) is 12.8 Å². The Morgan fingerprint density at radius 3 is 2.67 bits per heavy atom. The molecule has 0 saturated heterocycles. The molecule has 1 heterocycles. The van der Waals surface area contributed by atoms with Gasteiger partial charge < -0.3 is 4.74 Å². The van der Waals surface area contributed by atoms with Crippen LogP contribution in [0, 0.1) is 0 Å². The van der Waals surface area contributed by atoms with E-state index in [-0.39, 0.29) is 10.9 Å². The predicted octanol–water partition coefficient (Wildman–Crippen LogP) is 1.48. The highest BCUT2D eigenvalue weighted by atomic mass is 32.2. The van der Waals surface area contributed by atoms with Crippen molar-refractivity contribution in [3.05, 3.63) is 30.5 Å². The van der Waals surface area contributed by atoms with Gasteiger partial charge in [0.2, 0.25) is 15.9 Å². The van der Waals surface area contributed by atoms with Crippen molar-refractivity contribution >= 4 is 10.0 Å². The zero-order chi connectivity index (χ0) is 13.0. The normalized spacial score (nSPS) is 16.1. The van der Waals surface area contributed by atoms with Gasteiger partial charge in [0.1, 0.15) is 4.90 Å². The Labute approximate surface area is 107 Å². The third kappa shape index (κ3) is 3.08. The second kappa shape index (κ2) is 5.49. The summed E-state index contributed by atoms with van der Waals surface area (Å²) in [6.45, 7) is 2.35. The summed E-state index contributed by atoms with van der Waals surface area (Å²) >= 11 is 0. The SMILES string of the molecule is CCOc1ccc(S(=O)(=O)NC2CC=CC2)cn1. The van der Waals surface area contributed by atoms with E-state index in [1.54, 1.807) is 6.07 Å². The van der Waals surface area contributed by atoms with Crippen LogP contribution in [-0.4, -0.2) is 26.1 Å². The second-order valence-corrected chi connectivity index (χ2v) is 5.74. The van der Waals surface area contributed by atoms with E-state index in [0.717, 1.165) is 12.8 Å². The molecule has 0 radical (unpaired) electrons. The monoisotopic (exact) mass is 268 g/mol. The fraction of sp³-hybridized carbons (Fsp3) is 0.417. The van der Waals surface area contributed by atoms with Crippen LogP contribution in [0.25, 0.3) is 0 Å². The minimum absolute atomic E-state index is 0.0402. The quantitative estimate of drug-likeness (QED) is 0.821. The maximum atomic E-state index is 12.0. The molecule has 0 aliphatic heterocycles. The van der Waals surface area contributed by atoms with Crippen LogP contribution in [0.4, 0.5) is 0 Å². The highest BCUT2D eigenvalue weighted by Crippen LogP contribution is 2.16. The minimum Gasteiger partial charge on any atom is -0.478 e. The molecule has 0 atom stereocenters. The Balaban J connectivity index is 2.08. The van der Waals surface area contributed by atoms with E-state index in [2.05, 4.69) is 9.71 Å². The number of pyridine rings is 1. The van der Waals surface area contributed by atoms with Gasteiger partial charge in [-0.2, -0.15) is 0 Å². The number of nitrogens with zero attached hydrogens (tertiary/aromatic N) is 1. The van der Waals surface area contributed by atoms with Crippen molar-refractivity contribution in [2.24, 2.45) is 0 Å². The Kier molecular flexibility index (Phi) is 3.98. The van der Waals surface area contributed by atoms with Crippen LogP contribution < -0.4 is 9.46 Å². The van der Waals surface area contributed by atoms with Gasteiger partial charge in [-0.3, -0.25) is 0 Å². The average molecular weight is 268 g/mol. The first-order valence-corrected chi connectivity index (χ1v) is 7.36. The topological polar surface area (TPSA) is 68.3 Å². The first-order valence-electron chi connectivity index (χ1n) is 5.88. The van der Waals surface area contributed by atoms with Crippen molar-refractivity contribution in [2.75, 3.05) is 6.61 Å². The number of hydrogen-bond acceptors (Lipinski definition) is 4. The van der Waals surface area contributed by atoms with Gasteiger partial charge in [0.25, 0.3) is 0 Å². The van der Waals surface area contributed by atoms with Crippen molar-refractivity contribution in [3.63, 3.8) is 0 Å². The fourth-order valence-electron chi connectivity index (χ4n) is 1.76. The lowest BCUT2D eigenvalue weighted by Crippen LogP contribution is -2.32. The van der Waals surface area contributed by atoms with Crippen LogP contribution in [0.2, 0.25) is 0 Å². The molecule has 0 bridgehead atoms. The van der Waals surface area contributed by atoms with E-state index in [1.807, 2.05) is 19.1 Å². The molecule has 1 aliphatic rings. The number of nitrogens with one attached hydrogen (secondary N) is 1. The summed E-state index contributed by atoms with van der Waals surface area (Å²) in [5.74, 6) is 0.430. The standard InChI is InChI=1S/C12H16N2O3S/c1-2-17-12-8-7-11(9-13-12)18(15,16)14-10-5-3-4-6-10/h3-4,7-10,14H,2,5-6H2,1H3. The highest BCUT2D eigenvalue weighted by molar-refractivity contribution is 7.89. The van der Waals surface area contributed by atoms with Crippen LogP contribution in [0.1, 0.15) is 19.8 Å². The van der Waals surface area contributed by atoms with Crippen molar-refractivity contribution in [1.29, 1.82) is 0 Å². The summed E-state index contributed by atoms with van der Waals surface area (Å²) in [5, 5.41) is 0. The molecular weight excluding hydrogens is 252 g/mol. The van der Waals surface area contributed by atoms with Crippen molar-refractivity contribution in [2.45, 2.75) is 30.7 Å². The lowest BCUT2D eigenvalue weighted by Gasteiger charge is -2.12. The van der Waals surface area contributed by atoms with E-state index in [9.17, 15) is 8.42 Å². The van der Waals surface area contributed by atoms with Gasteiger partial charge in [0.15, 0.2) is 0 Å². The summed E-state index contributed by atoms with van der Waals surface area (Å²) in [6, 6.07) is 3.02. The van der Waals surface area contributed by atoms with Crippen LogP contribution in [0.3, 0.4) is 0 Å². The van der Waals surface area contributed by atoms with Gasteiger partial charge >= 0.3 is 0 Å². The molecule has 1 aromatic heterocycles. The first-order chi connectivity index (χ1) is 8.62. The molecule has 0 aromatic carbocycles. The van der Waals surface area contributed by atoms with E-state index in [1.165, 1.54) is 12.3 Å². The molecule has 1 aliphatic carbocycles. The third-order valence-corrected chi connectivity index (χ3v) is 4.15. The number of hydrogen-bond donors (Lipinski definition) is 1. The van der Waals surface area contributed by atoms with Crippen molar-refractivity contribution in [1.82, 2.24) is 9.71 Å². The third-order valence-electron chi connectivity index (χ3n) is 2.64. The number of ether oxygens (including phenoxy) is 1. The molecule has 0 saturated carbocycles. The van der Waals surface area contributed by atoms with Gasteiger partial charge in [0, 0.05) is 12.1 Å². The summed E-state index contributed by atoms with van der Waals surface area (Å²) < 4.78 is 31.9. The summed E-state index contributed by atoms with van der Waals surface area (Å²) in [7, 11) is -3.48. The molecule has 0 fully saturated rings. The molecule has 2 rings (SSSR count). The molecule has 1 N–H and O–H groups in total. The van der Waals surface area contributed by atoms with E-state index in [4.69, 9.17) is 4.74 Å². The smallest absolute Gasteiger partial charge is 0.242 e. The maximum absolute atomic E-state index is 12.0. The largest absolute Gasteiger partial charge is 0.478 e. The van der Waals surface area contributed by atoms with E-state index >= 15 is 0 Å². The molecule has 5 nitrogen and oxygen atoms in total. The van der Waals surface area contributed by atoms with Crippen LogP contribution in [-0.2, 0) is 10.0 Å². The zero-order valence-electron chi connectivity index (χ0n) is 10.2. The fourth-order valence-corrected chi connectivity index (χ4v) is 2.97. The van der Waals surface area contributed by atoms with Gasteiger partial charge in [-0.1, -0.05) is 12.2 Å². The molecule has 1 aromatic rings. The number of rotatable bonds is 5. The van der Waals surface area contributed by atoms with Crippen LogP contribution in [0.5, 0.6) is 5.88 Å². The Bertz CT molecular complexity index is 515. The van der Waals surface area contributed by atoms with Crippen LogP contribution >= 0.6 is 0 Å². The summed E-state index contributed by atoms with van der Waals surface area (Å²) in [4.78, 5) is 4.12. The molecule has 0 spiro atoms.